The number of carbonyl (C=O) groups is 1. The molecule has 14 heavy (non-hydrogen) atoms. The highest BCUT2D eigenvalue weighted by atomic mass is 35.6. The first-order valence-electron chi connectivity index (χ1n) is 4.99. The smallest absolute Gasteiger partial charge is 0.294 e. The molecule has 0 rings (SSSR count). The summed E-state index contributed by atoms with van der Waals surface area (Å²) < 4.78 is 5.47. The third-order valence-corrected chi connectivity index (χ3v) is 5.83. The SMILES string of the molecule is CCC(C(=O)O[Si](C)(C)C)[Si](C)(C)Cl. The summed E-state index contributed by atoms with van der Waals surface area (Å²) in [5.41, 5.74) is -0.0732. The highest BCUT2D eigenvalue weighted by Gasteiger charge is 2.37. The lowest BCUT2D eigenvalue weighted by Crippen LogP contribution is -2.38. The minimum absolute atomic E-state index is 0.0732. The van der Waals surface area contributed by atoms with Crippen LogP contribution in [0.15, 0.2) is 0 Å². The van der Waals surface area contributed by atoms with Crippen LogP contribution in [-0.4, -0.2) is 21.7 Å². The van der Waals surface area contributed by atoms with Crippen LogP contribution >= 0.6 is 11.1 Å². The minimum atomic E-state index is -1.93. The molecule has 0 amide bonds. The third-order valence-electron chi connectivity index (χ3n) is 1.93. The van der Waals surface area contributed by atoms with Crippen molar-refractivity contribution >= 4 is 32.7 Å². The summed E-state index contributed by atoms with van der Waals surface area (Å²) in [6.45, 7) is 12.0. The van der Waals surface area contributed by atoms with Gasteiger partial charge in [-0.1, -0.05) is 20.0 Å². The van der Waals surface area contributed by atoms with Crippen LogP contribution in [-0.2, 0) is 9.22 Å². The number of hydrogen-bond donors (Lipinski definition) is 0. The molecule has 0 fully saturated rings. The number of carbonyl (C=O) groups excluding carboxylic acids is 1. The molecule has 0 aliphatic heterocycles. The Kier molecular flexibility index (Phi) is 4.88. The zero-order chi connectivity index (χ0) is 11.6. The minimum Gasteiger partial charge on any atom is -0.520 e. The van der Waals surface area contributed by atoms with Crippen molar-refractivity contribution in [2.45, 2.75) is 51.6 Å². The fourth-order valence-electron chi connectivity index (χ4n) is 1.31. The molecular weight excluding hydrogens is 232 g/mol. The molecule has 0 aromatic heterocycles. The van der Waals surface area contributed by atoms with E-state index < -0.39 is 15.7 Å². The molecule has 0 radical (unpaired) electrons. The lowest BCUT2D eigenvalue weighted by atomic mass is 10.3. The van der Waals surface area contributed by atoms with Gasteiger partial charge in [0.2, 0.25) is 8.32 Å². The Bertz CT molecular complexity index is 206. The second-order valence-corrected chi connectivity index (χ2v) is 16.2. The highest BCUT2D eigenvalue weighted by molar-refractivity contribution is 7.21. The van der Waals surface area contributed by atoms with Crippen molar-refractivity contribution in [3.63, 3.8) is 0 Å². The van der Waals surface area contributed by atoms with Gasteiger partial charge in [-0.25, -0.2) is 0 Å². The van der Waals surface area contributed by atoms with E-state index in [0.717, 1.165) is 6.42 Å². The Morgan fingerprint density at radius 2 is 1.71 bits per heavy atom. The second kappa shape index (κ2) is 4.81. The maximum atomic E-state index is 11.8. The van der Waals surface area contributed by atoms with E-state index in [1.807, 2.05) is 39.7 Å². The number of halogens is 1. The largest absolute Gasteiger partial charge is 0.520 e. The van der Waals surface area contributed by atoms with E-state index in [-0.39, 0.29) is 11.5 Å². The summed E-state index contributed by atoms with van der Waals surface area (Å²) in [6, 6.07) is 0. The van der Waals surface area contributed by atoms with Gasteiger partial charge in [0.1, 0.15) is 0 Å². The summed E-state index contributed by atoms with van der Waals surface area (Å²) in [4.78, 5) is 11.8. The van der Waals surface area contributed by atoms with Gasteiger partial charge in [-0.3, -0.25) is 4.79 Å². The maximum absolute atomic E-state index is 11.8. The van der Waals surface area contributed by atoms with Crippen LogP contribution in [0.25, 0.3) is 0 Å². The van der Waals surface area contributed by atoms with Gasteiger partial charge >= 0.3 is 0 Å². The van der Waals surface area contributed by atoms with Crippen LogP contribution in [0.5, 0.6) is 0 Å². The average Bonchev–Trinajstić information content (AvgIpc) is 1.79. The molecule has 0 bridgehead atoms. The van der Waals surface area contributed by atoms with Crippen LogP contribution < -0.4 is 0 Å². The van der Waals surface area contributed by atoms with Crippen LogP contribution in [0.2, 0.25) is 38.3 Å². The molecule has 1 unspecified atom stereocenters. The van der Waals surface area contributed by atoms with Gasteiger partial charge in [-0.15, -0.1) is 0 Å². The molecule has 0 saturated carbocycles. The van der Waals surface area contributed by atoms with E-state index in [9.17, 15) is 4.79 Å². The molecule has 0 spiro atoms. The van der Waals surface area contributed by atoms with Gasteiger partial charge in [0.25, 0.3) is 5.97 Å². The van der Waals surface area contributed by atoms with Crippen molar-refractivity contribution in [1.82, 2.24) is 0 Å². The maximum Gasteiger partial charge on any atom is 0.294 e. The van der Waals surface area contributed by atoms with Gasteiger partial charge in [-0.05, 0) is 26.1 Å². The van der Waals surface area contributed by atoms with Gasteiger partial charge < -0.3 is 4.43 Å². The summed E-state index contributed by atoms with van der Waals surface area (Å²) in [6.07, 6.45) is 0.784. The topological polar surface area (TPSA) is 26.3 Å². The first kappa shape index (κ1) is 14.2. The van der Waals surface area contributed by atoms with E-state index in [0.29, 0.717) is 0 Å². The molecular formula is C9H21ClO2Si2. The average molecular weight is 253 g/mol. The van der Waals surface area contributed by atoms with Crippen LogP contribution in [0.1, 0.15) is 13.3 Å². The Morgan fingerprint density at radius 1 is 1.29 bits per heavy atom. The Hall–Kier alpha value is 0.194. The number of rotatable bonds is 4. The van der Waals surface area contributed by atoms with Crippen LogP contribution in [0.4, 0.5) is 0 Å². The number of hydrogen-bond acceptors (Lipinski definition) is 2. The van der Waals surface area contributed by atoms with Gasteiger partial charge in [0.05, 0.1) is 5.54 Å². The van der Waals surface area contributed by atoms with E-state index in [1.54, 1.807) is 0 Å². The Balaban J connectivity index is 4.50. The standard InChI is InChI=1S/C9H21ClO2Si2/c1-7-8(14(5,6)10)9(11)12-13(2,3)4/h8H,7H2,1-6H3. The summed E-state index contributed by atoms with van der Waals surface area (Å²) in [5.74, 6) is -0.0849. The van der Waals surface area contributed by atoms with Crippen LogP contribution in [0, 0.1) is 0 Å². The molecule has 84 valence electrons. The van der Waals surface area contributed by atoms with Crippen molar-refractivity contribution in [3.8, 4) is 0 Å². The normalized spacial score (nSPS) is 15.1. The first-order valence-corrected chi connectivity index (χ1v) is 12.5. The molecule has 2 nitrogen and oxygen atoms in total. The predicted octanol–water partition coefficient (Wildman–Crippen LogP) is 3.59. The van der Waals surface area contributed by atoms with Gasteiger partial charge in [0, 0.05) is 0 Å². The molecule has 0 aromatic carbocycles. The fraction of sp³-hybridized carbons (Fsp3) is 0.889. The van der Waals surface area contributed by atoms with Crippen molar-refractivity contribution in [2.24, 2.45) is 0 Å². The molecule has 0 saturated heterocycles. The zero-order valence-electron chi connectivity index (χ0n) is 9.98. The lowest BCUT2D eigenvalue weighted by molar-refractivity contribution is -0.135. The molecule has 1 atom stereocenters. The lowest BCUT2D eigenvalue weighted by Gasteiger charge is -2.27. The first-order chi connectivity index (χ1) is 6.08. The summed E-state index contributed by atoms with van der Waals surface area (Å²) in [7, 11) is -3.69. The quantitative estimate of drug-likeness (QED) is 0.565. The predicted molar refractivity (Wildman–Crippen MR) is 66.8 cm³/mol. The zero-order valence-corrected chi connectivity index (χ0v) is 12.7. The summed E-state index contributed by atoms with van der Waals surface area (Å²) in [5, 5.41) is 0. The van der Waals surface area contributed by atoms with Crippen molar-refractivity contribution in [3.05, 3.63) is 0 Å². The molecule has 0 aromatic rings. The van der Waals surface area contributed by atoms with E-state index in [4.69, 9.17) is 15.5 Å². The molecule has 5 heteroatoms. The van der Waals surface area contributed by atoms with Crippen molar-refractivity contribution < 1.29 is 9.22 Å². The highest BCUT2D eigenvalue weighted by Crippen LogP contribution is 2.30. The van der Waals surface area contributed by atoms with E-state index in [1.165, 1.54) is 0 Å². The molecule has 0 heterocycles. The second-order valence-electron chi connectivity index (χ2n) is 5.06. The van der Waals surface area contributed by atoms with E-state index >= 15 is 0 Å². The fourth-order valence-corrected chi connectivity index (χ4v) is 4.49. The third kappa shape index (κ3) is 5.17. The summed E-state index contributed by atoms with van der Waals surface area (Å²) >= 11 is 6.28. The molecule has 0 aliphatic rings. The Labute approximate surface area is 93.8 Å². The monoisotopic (exact) mass is 252 g/mol. The van der Waals surface area contributed by atoms with E-state index in [2.05, 4.69) is 0 Å². The Morgan fingerprint density at radius 3 is 1.93 bits per heavy atom. The van der Waals surface area contributed by atoms with Gasteiger partial charge in [-0.2, -0.15) is 11.1 Å². The molecule has 0 aliphatic carbocycles. The van der Waals surface area contributed by atoms with Crippen LogP contribution in [0.3, 0.4) is 0 Å². The van der Waals surface area contributed by atoms with Crippen molar-refractivity contribution in [2.75, 3.05) is 0 Å². The van der Waals surface area contributed by atoms with Gasteiger partial charge in [0.15, 0.2) is 7.38 Å². The van der Waals surface area contributed by atoms with Crippen molar-refractivity contribution in [1.29, 1.82) is 0 Å². The molecule has 0 N–H and O–H groups in total.